The minimum absolute atomic E-state index is 0.00764. The molecule has 1 atom stereocenters. The normalized spacial score (nSPS) is 18.2. The van der Waals surface area contributed by atoms with E-state index in [0.717, 1.165) is 41.6 Å². The van der Waals surface area contributed by atoms with Gasteiger partial charge >= 0.3 is 0 Å². The van der Waals surface area contributed by atoms with Gasteiger partial charge in [0.15, 0.2) is 5.65 Å². The van der Waals surface area contributed by atoms with Crippen LogP contribution in [0.2, 0.25) is 0 Å². The summed E-state index contributed by atoms with van der Waals surface area (Å²) in [6.07, 6.45) is 3.33. The Hall–Kier alpha value is -2.78. The van der Waals surface area contributed by atoms with Crippen molar-refractivity contribution in [3.63, 3.8) is 0 Å². The van der Waals surface area contributed by atoms with Crippen LogP contribution in [-0.4, -0.2) is 64.0 Å². The molecular formula is C24H29N5O3S. The average Bonchev–Trinajstić information content (AvgIpc) is 3.27. The van der Waals surface area contributed by atoms with Crippen LogP contribution in [-0.2, 0) is 4.74 Å². The largest absolute Gasteiger partial charge is 0.380 e. The minimum atomic E-state index is -0.181. The van der Waals surface area contributed by atoms with Gasteiger partial charge in [-0.15, -0.1) is 11.3 Å². The molecule has 0 aromatic carbocycles. The van der Waals surface area contributed by atoms with E-state index in [0.29, 0.717) is 22.4 Å². The lowest BCUT2D eigenvalue weighted by Crippen LogP contribution is -2.67. The number of aromatic amines is 1. The molecule has 3 aromatic rings. The summed E-state index contributed by atoms with van der Waals surface area (Å²) in [6, 6.07) is 1.97. The number of likely N-dealkylation sites (tertiary alicyclic amines) is 1. The van der Waals surface area contributed by atoms with E-state index in [1.54, 1.807) is 12.4 Å². The van der Waals surface area contributed by atoms with E-state index in [1.165, 1.54) is 11.3 Å². The molecule has 174 valence electrons. The van der Waals surface area contributed by atoms with E-state index < -0.39 is 0 Å². The summed E-state index contributed by atoms with van der Waals surface area (Å²) in [6.45, 7) is 13.2. The molecule has 2 aliphatic heterocycles. The van der Waals surface area contributed by atoms with E-state index in [9.17, 15) is 9.59 Å². The van der Waals surface area contributed by atoms with Gasteiger partial charge in [-0.2, -0.15) is 0 Å². The summed E-state index contributed by atoms with van der Waals surface area (Å²) >= 11 is 1.43. The smallest absolute Gasteiger partial charge is 0.264 e. The van der Waals surface area contributed by atoms with Gasteiger partial charge in [-0.05, 0) is 30.9 Å². The molecule has 2 aliphatic rings. The number of nitrogens with zero attached hydrogens (tertiary/aromatic N) is 3. The summed E-state index contributed by atoms with van der Waals surface area (Å²) in [5.74, 6) is -0.117. The Labute approximate surface area is 196 Å². The van der Waals surface area contributed by atoms with Gasteiger partial charge in [-0.1, -0.05) is 20.8 Å². The van der Waals surface area contributed by atoms with Gasteiger partial charge in [0.25, 0.3) is 11.8 Å². The van der Waals surface area contributed by atoms with Crippen LogP contribution in [0, 0.1) is 17.8 Å². The van der Waals surface area contributed by atoms with Crippen molar-refractivity contribution in [2.24, 2.45) is 10.8 Å². The number of amides is 2. The molecule has 5 rings (SSSR count). The maximum Gasteiger partial charge on any atom is 0.264 e. The Morgan fingerprint density at radius 3 is 2.67 bits per heavy atom. The summed E-state index contributed by atoms with van der Waals surface area (Å²) in [5.41, 5.74) is 3.27. The molecular weight excluding hydrogens is 438 g/mol. The van der Waals surface area contributed by atoms with E-state index >= 15 is 0 Å². The predicted octanol–water partition coefficient (Wildman–Crippen LogP) is 3.63. The van der Waals surface area contributed by atoms with Gasteiger partial charge in [0.05, 0.1) is 45.8 Å². The molecule has 0 bridgehead atoms. The maximum absolute atomic E-state index is 13.0. The third-order valence-corrected chi connectivity index (χ3v) is 8.04. The van der Waals surface area contributed by atoms with Crippen LogP contribution >= 0.6 is 11.3 Å². The molecule has 3 aromatic heterocycles. The van der Waals surface area contributed by atoms with Gasteiger partial charge in [0.1, 0.15) is 5.52 Å². The van der Waals surface area contributed by atoms with Crippen LogP contribution in [0.4, 0.5) is 0 Å². The molecule has 0 radical (unpaired) electrons. The van der Waals surface area contributed by atoms with E-state index in [4.69, 9.17) is 9.72 Å². The third-order valence-electron chi connectivity index (χ3n) is 6.79. The van der Waals surface area contributed by atoms with Crippen molar-refractivity contribution in [2.75, 3.05) is 26.3 Å². The predicted molar refractivity (Wildman–Crippen MR) is 127 cm³/mol. The molecule has 9 heteroatoms. The summed E-state index contributed by atoms with van der Waals surface area (Å²) in [5, 5.41) is 3.06. The van der Waals surface area contributed by atoms with Crippen LogP contribution in [0.5, 0.6) is 0 Å². The maximum atomic E-state index is 13.0. The SMILES string of the molecule is Cc1cc(-c2cnc3[nH]cc(C(=O)NC(C)C(C)(C)C)c3n2)sc1C(=O)N1CC2(COC2)C1. The fourth-order valence-electron chi connectivity index (χ4n) is 4.12. The number of carbonyl (C=O) groups is 2. The first-order valence-electron chi connectivity index (χ1n) is 11.2. The standard InChI is InChI=1S/C24H29N5O3S/c1-13-6-17(33-19(13)22(31)29-9-24(10-29)11-32-12-24)16-8-26-20-18(28-16)15(7-25-20)21(30)27-14(2)23(3,4)5/h6-8,14H,9-12H2,1-5H3,(H,25,26)(H,27,30). The number of carbonyl (C=O) groups excluding carboxylic acids is 2. The quantitative estimate of drug-likeness (QED) is 0.610. The fraction of sp³-hybridized carbons (Fsp3) is 0.500. The number of fused-ring (bicyclic) bond motifs is 1. The van der Waals surface area contributed by atoms with Crippen LogP contribution in [0.25, 0.3) is 21.7 Å². The number of hydrogen-bond acceptors (Lipinski definition) is 6. The molecule has 0 aliphatic carbocycles. The first kappa shape index (κ1) is 22.0. The van der Waals surface area contributed by atoms with Crippen LogP contribution in [0.1, 0.15) is 53.3 Å². The highest BCUT2D eigenvalue weighted by atomic mass is 32.1. The van der Waals surface area contributed by atoms with Gasteiger partial charge in [0, 0.05) is 25.3 Å². The first-order valence-corrected chi connectivity index (χ1v) is 12.0. The van der Waals surface area contributed by atoms with Crippen molar-refractivity contribution in [3.05, 3.63) is 34.5 Å². The zero-order valence-electron chi connectivity index (χ0n) is 19.6. The average molecular weight is 468 g/mol. The van der Waals surface area contributed by atoms with Crippen molar-refractivity contribution in [3.8, 4) is 10.6 Å². The highest BCUT2D eigenvalue weighted by Crippen LogP contribution is 2.40. The molecule has 1 spiro atoms. The Morgan fingerprint density at radius 2 is 2.03 bits per heavy atom. The van der Waals surface area contributed by atoms with Crippen LogP contribution < -0.4 is 5.32 Å². The molecule has 2 saturated heterocycles. The zero-order chi connectivity index (χ0) is 23.5. The Bertz CT molecular complexity index is 1240. The molecule has 1 unspecified atom stereocenters. The molecule has 2 amide bonds. The summed E-state index contributed by atoms with van der Waals surface area (Å²) < 4.78 is 5.31. The minimum Gasteiger partial charge on any atom is -0.380 e. The number of thiophene rings is 1. The third kappa shape index (κ3) is 3.83. The fourth-order valence-corrected chi connectivity index (χ4v) is 5.21. The van der Waals surface area contributed by atoms with Crippen molar-refractivity contribution in [2.45, 2.75) is 40.7 Å². The van der Waals surface area contributed by atoms with E-state index in [1.807, 2.05) is 24.8 Å². The van der Waals surface area contributed by atoms with Gasteiger partial charge in [-0.25, -0.2) is 9.97 Å². The van der Waals surface area contributed by atoms with Crippen molar-refractivity contribution < 1.29 is 14.3 Å². The number of hydrogen-bond donors (Lipinski definition) is 2. The van der Waals surface area contributed by atoms with Crippen molar-refractivity contribution in [1.82, 2.24) is 25.2 Å². The number of aromatic nitrogens is 3. The van der Waals surface area contributed by atoms with E-state index in [-0.39, 0.29) is 28.7 Å². The molecule has 0 saturated carbocycles. The Kier molecular flexibility index (Phi) is 5.10. The number of aryl methyl sites for hydroxylation is 1. The first-order chi connectivity index (χ1) is 15.6. The van der Waals surface area contributed by atoms with Crippen LogP contribution in [0.3, 0.4) is 0 Å². The zero-order valence-corrected chi connectivity index (χ0v) is 20.4. The lowest BCUT2D eigenvalue weighted by atomic mass is 9.78. The Balaban J connectivity index is 1.39. The molecule has 2 fully saturated rings. The van der Waals surface area contributed by atoms with Crippen molar-refractivity contribution >= 4 is 34.3 Å². The van der Waals surface area contributed by atoms with Crippen molar-refractivity contribution in [1.29, 1.82) is 0 Å². The number of ether oxygens (including phenoxy) is 1. The number of rotatable bonds is 4. The molecule has 2 N–H and O–H groups in total. The van der Waals surface area contributed by atoms with Gasteiger partial charge in [-0.3, -0.25) is 9.59 Å². The summed E-state index contributed by atoms with van der Waals surface area (Å²) in [7, 11) is 0. The number of nitrogens with one attached hydrogen (secondary N) is 2. The highest BCUT2D eigenvalue weighted by molar-refractivity contribution is 7.17. The van der Waals surface area contributed by atoms with E-state index in [2.05, 4.69) is 36.1 Å². The van der Waals surface area contributed by atoms with Gasteiger partial charge in [0.2, 0.25) is 0 Å². The lowest BCUT2D eigenvalue weighted by Gasteiger charge is -2.54. The second kappa shape index (κ2) is 7.63. The molecule has 33 heavy (non-hydrogen) atoms. The summed E-state index contributed by atoms with van der Waals surface area (Å²) in [4.78, 5) is 41.7. The molecule has 8 nitrogen and oxygen atoms in total. The molecule has 5 heterocycles. The second-order valence-electron chi connectivity index (χ2n) is 10.5. The number of H-pyrrole nitrogens is 1. The van der Waals surface area contributed by atoms with Gasteiger partial charge < -0.3 is 19.9 Å². The monoisotopic (exact) mass is 467 g/mol. The topological polar surface area (TPSA) is 100 Å². The Morgan fingerprint density at radius 1 is 1.30 bits per heavy atom. The lowest BCUT2D eigenvalue weighted by molar-refractivity contribution is -0.176. The van der Waals surface area contributed by atoms with Crippen LogP contribution in [0.15, 0.2) is 18.5 Å². The second-order valence-corrected chi connectivity index (χ2v) is 11.5. The highest BCUT2D eigenvalue weighted by Gasteiger charge is 2.51.